The number of aromatic carboxylic acids is 1. The highest BCUT2D eigenvalue weighted by molar-refractivity contribution is 7.87. The summed E-state index contributed by atoms with van der Waals surface area (Å²) >= 11 is 0. The number of carbonyl (C=O) groups is 1. The number of benzene rings is 3. The average molecular weight is 344 g/mol. The second-order valence-corrected chi connectivity index (χ2v) is 7.20. The highest BCUT2D eigenvalue weighted by Crippen LogP contribution is 2.36. The van der Waals surface area contributed by atoms with Gasteiger partial charge in [-0.3, -0.25) is 0 Å². The van der Waals surface area contributed by atoms with Gasteiger partial charge in [0.2, 0.25) is 0 Å². The van der Waals surface area contributed by atoms with Crippen LogP contribution in [-0.2, 0) is 10.1 Å². The number of hydrogen-bond acceptors (Lipinski definition) is 4. The maximum absolute atomic E-state index is 12.2. The van der Waals surface area contributed by atoms with E-state index in [1.165, 1.54) is 12.1 Å². The molecule has 0 fully saturated rings. The molecule has 6 heteroatoms. The molecular weight excluding hydrogens is 328 g/mol. The van der Waals surface area contributed by atoms with Crippen molar-refractivity contribution in [1.29, 1.82) is 0 Å². The number of fused-ring (bicyclic) bond motifs is 2. The lowest BCUT2D eigenvalue weighted by Crippen LogP contribution is -2.13. The third kappa shape index (κ3) is 3.05. The Hall–Kier alpha value is -2.60. The maximum Gasteiger partial charge on any atom is 0.335 e. The summed E-state index contributed by atoms with van der Waals surface area (Å²) in [5, 5.41) is 11.9. The zero-order valence-corrected chi connectivity index (χ0v) is 13.8. The minimum Gasteiger partial charge on any atom is -0.478 e. The Morgan fingerprint density at radius 3 is 2.46 bits per heavy atom. The topological polar surface area (TPSA) is 80.7 Å². The molecule has 0 saturated carbocycles. The first-order chi connectivity index (χ1) is 11.4. The highest BCUT2D eigenvalue weighted by Gasteiger charge is 2.18. The van der Waals surface area contributed by atoms with Gasteiger partial charge in [0.05, 0.1) is 11.3 Å². The van der Waals surface area contributed by atoms with Crippen molar-refractivity contribution in [1.82, 2.24) is 0 Å². The normalized spacial score (nSPS) is 11.7. The van der Waals surface area contributed by atoms with Gasteiger partial charge in [0.15, 0.2) is 5.75 Å². The van der Waals surface area contributed by atoms with Crippen LogP contribution in [0.2, 0.25) is 0 Å². The van der Waals surface area contributed by atoms with Gasteiger partial charge in [-0.25, -0.2) is 4.79 Å². The van der Waals surface area contributed by atoms with Gasteiger partial charge in [-0.15, -0.1) is 0 Å². The first kappa shape index (κ1) is 16.3. The van der Waals surface area contributed by atoms with Crippen LogP contribution in [0.1, 0.15) is 23.7 Å². The van der Waals surface area contributed by atoms with Gasteiger partial charge in [-0.1, -0.05) is 37.3 Å². The molecule has 24 heavy (non-hydrogen) atoms. The lowest BCUT2D eigenvalue weighted by molar-refractivity contribution is 0.0697. The van der Waals surface area contributed by atoms with Crippen LogP contribution in [0.4, 0.5) is 0 Å². The molecule has 3 aromatic carbocycles. The van der Waals surface area contributed by atoms with E-state index in [0.717, 1.165) is 10.8 Å². The fourth-order valence-corrected chi connectivity index (χ4v) is 3.68. The summed E-state index contributed by atoms with van der Waals surface area (Å²) < 4.78 is 29.7. The molecule has 0 aliphatic rings. The summed E-state index contributed by atoms with van der Waals surface area (Å²) in [6, 6.07) is 13.7. The summed E-state index contributed by atoms with van der Waals surface area (Å²) in [6.45, 7) is 1.75. The van der Waals surface area contributed by atoms with Gasteiger partial charge in [0.25, 0.3) is 0 Å². The number of hydrogen-bond donors (Lipinski definition) is 1. The minimum absolute atomic E-state index is 0.0792. The van der Waals surface area contributed by atoms with Gasteiger partial charge in [-0.2, -0.15) is 8.42 Å². The van der Waals surface area contributed by atoms with Gasteiger partial charge in [-0.05, 0) is 35.4 Å². The summed E-state index contributed by atoms with van der Waals surface area (Å²) in [7, 11) is -3.75. The van der Waals surface area contributed by atoms with Crippen LogP contribution in [0, 0.1) is 0 Å². The van der Waals surface area contributed by atoms with Gasteiger partial charge in [0, 0.05) is 10.8 Å². The van der Waals surface area contributed by atoms with Crippen LogP contribution in [0.5, 0.6) is 5.75 Å². The van der Waals surface area contributed by atoms with Crippen LogP contribution in [0.3, 0.4) is 0 Å². The molecule has 3 rings (SSSR count). The molecule has 0 heterocycles. The second kappa shape index (κ2) is 6.13. The van der Waals surface area contributed by atoms with E-state index in [1.807, 2.05) is 18.2 Å². The average Bonchev–Trinajstić information content (AvgIpc) is 2.54. The van der Waals surface area contributed by atoms with Crippen LogP contribution >= 0.6 is 0 Å². The molecule has 0 aliphatic carbocycles. The summed E-state index contributed by atoms with van der Waals surface area (Å²) in [5.74, 6) is -0.997. The fraction of sp³-hybridized carbons (Fsp3) is 0.167. The molecule has 3 aromatic rings. The van der Waals surface area contributed by atoms with Crippen molar-refractivity contribution in [2.75, 3.05) is 5.75 Å². The maximum atomic E-state index is 12.2. The molecular formula is C18H16O5S. The van der Waals surface area contributed by atoms with E-state index >= 15 is 0 Å². The Labute approximate surface area is 139 Å². The van der Waals surface area contributed by atoms with E-state index in [-0.39, 0.29) is 17.1 Å². The zero-order valence-electron chi connectivity index (χ0n) is 13.0. The Morgan fingerprint density at radius 2 is 1.75 bits per heavy atom. The molecule has 0 aliphatic heterocycles. The summed E-state index contributed by atoms with van der Waals surface area (Å²) in [6.07, 6.45) is 0.436. The van der Waals surface area contributed by atoms with Crippen molar-refractivity contribution >= 4 is 37.6 Å². The molecule has 124 valence electrons. The van der Waals surface area contributed by atoms with Crippen molar-refractivity contribution in [2.45, 2.75) is 13.3 Å². The van der Waals surface area contributed by atoms with E-state index in [4.69, 9.17) is 4.18 Å². The minimum atomic E-state index is -3.75. The number of carboxylic acids is 1. The second-order valence-electron chi connectivity index (χ2n) is 5.51. The van der Waals surface area contributed by atoms with Crippen molar-refractivity contribution in [3.05, 3.63) is 54.1 Å². The summed E-state index contributed by atoms with van der Waals surface area (Å²) in [4.78, 5) is 11.2. The molecule has 1 N–H and O–H groups in total. The zero-order chi connectivity index (χ0) is 17.3. The Balaban J connectivity index is 2.34. The monoisotopic (exact) mass is 344 g/mol. The Bertz CT molecular complexity index is 1040. The molecule has 0 unspecified atom stereocenters. The van der Waals surface area contributed by atoms with Gasteiger partial charge >= 0.3 is 16.1 Å². The van der Waals surface area contributed by atoms with Crippen molar-refractivity contribution in [3.8, 4) is 5.75 Å². The highest BCUT2D eigenvalue weighted by atomic mass is 32.2. The molecule has 0 amide bonds. The Kier molecular flexibility index (Phi) is 4.15. The van der Waals surface area contributed by atoms with Gasteiger partial charge < -0.3 is 9.29 Å². The lowest BCUT2D eigenvalue weighted by atomic mass is 10.0. The molecule has 0 radical (unpaired) electrons. The largest absolute Gasteiger partial charge is 0.478 e. The van der Waals surface area contributed by atoms with E-state index in [2.05, 4.69) is 0 Å². The summed E-state index contributed by atoms with van der Waals surface area (Å²) in [5.41, 5.74) is 0.0792. The number of carboxylic acid groups (broad SMARTS) is 1. The van der Waals surface area contributed by atoms with Crippen LogP contribution < -0.4 is 4.18 Å². The van der Waals surface area contributed by atoms with E-state index in [0.29, 0.717) is 17.2 Å². The third-order valence-electron chi connectivity index (χ3n) is 3.73. The lowest BCUT2D eigenvalue weighted by Gasteiger charge is -2.13. The quantitative estimate of drug-likeness (QED) is 0.562. The molecule has 5 nitrogen and oxygen atoms in total. The van der Waals surface area contributed by atoms with Crippen molar-refractivity contribution in [2.24, 2.45) is 0 Å². The molecule has 0 spiro atoms. The van der Waals surface area contributed by atoms with Crippen LogP contribution in [-0.4, -0.2) is 25.2 Å². The van der Waals surface area contributed by atoms with Crippen LogP contribution in [0.15, 0.2) is 48.5 Å². The van der Waals surface area contributed by atoms with E-state index in [9.17, 15) is 18.3 Å². The first-order valence-corrected chi connectivity index (χ1v) is 9.10. The molecule has 0 atom stereocenters. The third-order valence-corrected chi connectivity index (χ3v) is 5.05. The number of rotatable bonds is 5. The SMILES string of the molecule is CCCS(=O)(=O)Oc1c2ccccc2cc2ccc(C(=O)O)cc12. The molecule has 0 bridgehead atoms. The van der Waals surface area contributed by atoms with Crippen molar-refractivity contribution < 1.29 is 22.5 Å². The predicted octanol–water partition coefficient (Wildman–Crippen LogP) is 3.81. The predicted molar refractivity (Wildman–Crippen MR) is 93.1 cm³/mol. The van der Waals surface area contributed by atoms with E-state index < -0.39 is 16.1 Å². The van der Waals surface area contributed by atoms with Crippen LogP contribution in [0.25, 0.3) is 21.5 Å². The Morgan fingerprint density at radius 1 is 1.04 bits per heavy atom. The van der Waals surface area contributed by atoms with Gasteiger partial charge in [0.1, 0.15) is 0 Å². The first-order valence-electron chi connectivity index (χ1n) is 7.52. The fourth-order valence-electron chi connectivity index (χ4n) is 2.66. The van der Waals surface area contributed by atoms with E-state index in [1.54, 1.807) is 25.1 Å². The van der Waals surface area contributed by atoms with Crippen molar-refractivity contribution in [3.63, 3.8) is 0 Å². The molecule has 0 aromatic heterocycles. The standard InChI is InChI=1S/C18H16O5S/c1-2-9-24(21,22)23-17-15-6-4-3-5-12(15)10-13-7-8-14(18(19)20)11-16(13)17/h3-8,10-11H,2,9H2,1H3,(H,19,20). The smallest absolute Gasteiger partial charge is 0.335 e. The molecule has 0 saturated heterocycles.